The molecule has 4 nitrogen and oxygen atoms in total. The fourth-order valence-corrected chi connectivity index (χ4v) is 2.81. The third-order valence-corrected chi connectivity index (χ3v) is 3.74. The lowest BCUT2D eigenvalue weighted by Crippen LogP contribution is -2.30. The topological polar surface area (TPSA) is 41.0 Å². The number of aromatic nitrogens is 2. The van der Waals surface area contributed by atoms with Crippen LogP contribution in [-0.4, -0.2) is 28.0 Å². The van der Waals surface area contributed by atoms with Crippen molar-refractivity contribution in [3.8, 4) is 0 Å². The van der Waals surface area contributed by atoms with E-state index in [2.05, 4.69) is 16.9 Å². The van der Waals surface area contributed by atoms with Gasteiger partial charge in [0.1, 0.15) is 0 Å². The van der Waals surface area contributed by atoms with Crippen molar-refractivity contribution in [3.05, 3.63) is 34.2 Å². The highest BCUT2D eigenvalue weighted by atomic mass is 16.1. The first-order valence-corrected chi connectivity index (χ1v) is 6.08. The number of rotatable bonds is 1. The van der Waals surface area contributed by atoms with Crippen molar-refractivity contribution >= 4 is 11.0 Å². The van der Waals surface area contributed by atoms with Crippen LogP contribution in [-0.2, 0) is 0 Å². The Kier molecular flexibility index (Phi) is 2.33. The van der Waals surface area contributed by atoms with E-state index in [4.69, 9.17) is 0 Å². The van der Waals surface area contributed by atoms with Crippen LogP contribution in [0.2, 0.25) is 0 Å². The molecule has 2 heterocycles. The highest BCUT2D eigenvalue weighted by Crippen LogP contribution is 2.27. The van der Waals surface area contributed by atoms with Crippen molar-refractivity contribution in [3.63, 3.8) is 0 Å². The zero-order valence-corrected chi connectivity index (χ0v) is 10.2. The molecule has 1 atom stereocenters. The molecule has 1 saturated heterocycles. The monoisotopic (exact) mass is 231 g/mol. The Labute approximate surface area is 99.9 Å². The van der Waals surface area contributed by atoms with Gasteiger partial charge in [-0.15, -0.1) is 0 Å². The van der Waals surface area contributed by atoms with E-state index < -0.39 is 0 Å². The van der Waals surface area contributed by atoms with Crippen LogP contribution in [0.25, 0.3) is 11.0 Å². The SMILES string of the molecule is Cc1cccc2c1[nH]c(=O)n2C1CCCN1C. The van der Waals surface area contributed by atoms with Crippen LogP contribution in [0.15, 0.2) is 23.0 Å². The maximum absolute atomic E-state index is 12.1. The first kappa shape index (κ1) is 10.6. The molecule has 4 heteroatoms. The van der Waals surface area contributed by atoms with Crippen LogP contribution < -0.4 is 5.69 Å². The van der Waals surface area contributed by atoms with Gasteiger partial charge in [0, 0.05) is 0 Å². The van der Waals surface area contributed by atoms with E-state index in [0.29, 0.717) is 0 Å². The molecular formula is C13H17N3O. The molecule has 17 heavy (non-hydrogen) atoms. The van der Waals surface area contributed by atoms with E-state index in [1.165, 1.54) is 0 Å². The largest absolute Gasteiger partial charge is 0.327 e. The quantitative estimate of drug-likeness (QED) is 0.814. The van der Waals surface area contributed by atoms with Gasteiger partial charge in [0.05, 0.1) is 17.2 Å². The van der Waals surface area contributed by atoms with Gasteiger partial charge in [0.25, 0.3) is 0 Å². The molecule has 0 radical (unpaired) electrons. The van der Waals surface area contributed by atoms with Gasteiger partial charge < -0.3 is 4.98 Å². The molecule has 3 rings (SSSR count). The summed E-state index contributed by atoms with van der Waals surface area (Å²) in [6.45, 7) is 3.09. The van der Waals surface area contributed by atoms with Crippen molar-refractivity contribution < 1.29 is 0 Å². The van der Waals surface area contributed by atoms with E-state index in [-0.39, 0.29) is 11.9 Å². The Hall–Kier alpha value is -1.55. The van der Waals surface area contributed by atoms with Crippen molar-refractivity contribution in [1.82, 2.24) is 14.5 Å². The maximum atomic E-state index is 12.1. The Morgan fingerprint density at radius 3 is 2.94 bits per heavy atom. The summed E-state index contributed by atoms with van der Waals surface area (Å²) in [7, 11) is 2.08. The van der Waals surface area contributed by atoms with Crippen LogP contribution in [0.4, 0.5) is 0 Å². The van der Waals surface area contributed by atoms with Gasteiger partial charge in [-0.2, -0.15) is 0 Å². The predicted molar refractivity (Wildman–Crippen MR) is 68.2 cm³/mol. The van der Waals surface area contributed by atoms with E-state index in [0.717, 1.165) is 36.0 Å². The molecule has 0 amide bonds. The third-order valence-electron chi connectivity index (χ3n) is 3.74. The predicted octanol–water partition coefficient (Wildman–Crippen LogP) is 1.86. The Balaban J connectivity index is 2.25. The fraction of sp³-hybridized carbons (Fsp3) is 0.462. The average Bonchev–Trinajstić information content (AvgIpc) is 2.83. The molecule has 0 aliphatic carbocycles. The van der Waals surface area contributed by atoms with E-state index in [9.17, 15) is 4.79 Å². The van der Waals surface area contributed by atoms with E-state index in [1.807, 2.05) is 29.7 Å². The third kappa shape index (κ3) is 1.52. The standard InChI is InChI=1S/C13H17N3O/c1-9-5-3-6-10-12(9)14-13(17)16(10)11-7-4-8-15(11)2/h3,5-6,11H,4,7-8H2,1-2H3,(H,14,17). The fourth-order valence-electron chi connectivity index (χ4n) is 2.81. The second-order valence-corrected chi connectivity index (χ2v) is 4.87. The normalized spacial score (nSPS) is 21.4. The van der Waals surface area contributed by atoms with Crippen molar-refractivity contribution in [2.45, 2.75) is 25.9 Å². The zero-order valence-electron chi connectivity index (χ0n) is 10.2. The number of likely N-dealkylation sites (tertiary alicyclic amines) is 1. The molecular weight excluding hydrogens is 214 g/mol. The van der Waals surface area contributed by atoms with Gasteiger partial charge in [0.2, 0.25) is 0 Å². The zero-order chi connectivity index (χ0) is 12.0. The van der Waals surface area contributed by atoms with Gasteiger partial charge in [-0.25, -0.2) is 4.79 Å². The number of nitrogens with zero attached hydrogens (tertiary/aromatic N) is 2. The van der Waals surface area contributed by atoms with Crippen molar-refractivity contribution in [2.24, 2.45) is 0 Å². The highest BCUT2D eigenvalue weighted by molar-refractivity contribution is 5.78. The van der Waals surface area contributed by atoms with Crippen LogP contribution in [0.3, 0.4) is 0 Å². The number of hydrogen-bond donors (Lipinski definition) is 1. The molecule has 2 aromatic rings. The molecule has 1 aromatic heterocycles. The lowest BCUT2D eigenvalue weighted by atomic mass is 10.2. The van der Waals surface area contributed by atoms with Gasteiger partial charge in [-0.05, 0) is 45.0 Å². The highest BCUT2D eigenvalue weighted by Gasteiger charge is 2.25. The second-order valence-electron chi connectivity index (χ2n) is 4.87. The molecule has 1 aliphatic heterocycles. The number of benzene rings is 1. The van der Waals surface area contributed by atoms with Gasteiger partial charge >= 0.3 is 5.69 Å². The van der Waals surface area contributed by atoms with E-state index >= 15 is 0 Å². The number of imidazole rings is 1. The summed E-state index contributed by atoms with van der Waals surface area (Å²) in [6.07, 6.45) is 2.42. The summed E-state index contributed by atoms with van der Waals surface area (Å²) in [5.41, 5.74) is 3.12. The molecule has 1 N–H and O–H groups in total. The molecule has 0 bridgehead atoms. The minimum Gasteiger partial charge on any atom is -0.305 e. The number of hydrogen-bond acceptors (Lipinski definition) is 2. The van der Waals surface area contributed by atoms with Crippen LogP contribution in [0, 0.1) is 6.92 Å². The number of nitrogens with one attached hydrogen (secondary N) is 1. The minimum atomic E-state index is 0.00745. The summed E-state index contributed by atoms with van der Waals surface area (Å²) in [5, 5.41) is 0. The number of H-pyrrole nitrogens is 1. The number of para-hydroxylation sites is 1. The minimum absolute atomic E-state index is 0.00745. The summed E-state index contributed by atoms with van der Waals surface area (Å²) >= 11 is 0. The first-order valence-electron chi connectivity index (χ1n) is 6.08. The number of fused-ring (bicyclic) bond motifs is 1. The summed E-state index contributed by atoms with van der Waals surface area (Å²) < 4.78 is 1.90. The van der Waals surface area contributed by atoms with Crippen LogP contribution in [0.5, 0.6) is 0 Å². The molecule has 0 saturated carbocycles. The molecule has 1 aliphatic rings. The molecule has 1 unspecified atom stereocenters. The van der Waals surface area contributed by atoms with Gasteiger partial charge in [0.15, 0.2) is 0 Å². The molecule has 1 fully saturated rings. The summed E-state index contributed by atoms with van der Waals surface area (Å²) in [4.78, 5) is 17.3. The lowest BCUT2D eigenvalue weighted by Gasteiger charge is -2.20. The smallest absolute Gasteiger partial charge is 0.305 e. The summed E-state index contributed by atoms with van der Waals surface area (Å²) in [6, 6.07) is 6.06. The Morgan fingerprint density at radius 1 is 1.41 bits per heavy atom. The maximum Gasteiger partial charge on any atom is 0.327 e. The molecule has 90 valence electrons. The van der Waals surface area contributed by atoms with Gasteiger partial charge in [-0.3, -0.25) is 9.47 Å². The lowest BCUT2D eigenvalue weighted by molar-refractivity contribution is 0.238. The van der Waals surface area contributed by atoms with Crippen LogP contribution >= 0.6 is 0 Å². The van der Waals surface area contributed by atoms with Crippen LogP contribution in [0.1, 0.15) is 24.6 Å². The first-order chi connectivity index (χ1) is 8.18. The van der Waals surface area contributed by atoms with E-state index in [1.54, 1.807) is 0 Å². The van der Waals surface area contributed by atoms with Crippen molar-refractivity contribution in [1.29, 1.82) is 0 Å². The van der Waals surface area contributed by atoms with Crippen molar-refractivity contribution in [2.75, 3.05) is 13.6 Å². The Bertz CT molecular complexity index is 611. The molecule has 0 spiro atoms. The number of aromatic amines is 1. The second kappa shape index (κ2) is 3.74. The number of aryl methyl sites for hydroxylation is 1. The molecule has 1 aromatic carbocycles. The Morgan fingerprint density at radius 2 is 2.24 bits per heavy atom. The summed E-state index contributed by atoms with van der Waals surface area (Å²) in [5.74, 6) is 0. The van der Waals surface area contributed by atoms with Gasteiger partial charge in [-0.1, -0.05) is 12.1 Å². The average molecular weight is 231 g/mol.